The Labute approximate surface area is 171 Å². The number of aromatic nitrogens is 1. The van der Waals surface area contributed by atoms with Crippen LogP contribution < -0.4 is 5.32 Å². The van der Waals surface area contributed by atoms with E-state index in [0.717, 1.165) is 16.7 Å². The van der Waals surface area contributed by atoms with Gasteiger partial charge in [0.2, 0.25) is 0 Å². The van der Waals surface area contributed by atoms with Crippen molar-refractivity contribution in [2.45, 2.75) is 26.9 Å². The summed E-state index contributed by atoms with van der Waals surface area (Å²) in [6.45, 7) is 5.41. The van der Waals surface area contributed by atoms with Gasteiger partial charge in [0.1, 0.15) is 11.4 Å². The van der Waals surface area contributed by atoms with Crippen molar-refractivity contribution in [1.82, 2.24) is 15.2 Å². The summed E-state index contributed by atoms with van der Waals surface area (Å²) in [5, 5.41) is 2.88. The molecule has 0 unspecified atom stereocenters. The summed E-state index contributed by atoms with van der Waals surface area (Å²) in [7, 11) is 0. The van der Waals surface area contributed by atoms with Gasteiger partial charge in [0.25, 0.3) is 11.8 Å². The zero-order valence-electron chi connectivity index (χ0n) is 16.8. The summed E-state index contributed by atoms with van der Waals surface area (Å²) < 4.78 is 0. The molecule has 0 atom stereocenters. The number of aryl methyl sites for hydroxylation is 1. The van der Waals surface area contributed by atoms with Crippen LogP contribution in [0.5, 0.6) is 0 Å². The van der Waals surface area contributed by atoms with Crippen LogP contribution in [0.4, 0.5) is 0 Å². The molecule has 0 spiro atoms. The van der Waals surface area contributed by atoms with E-state index in [9.17, 15) is 9.59 Å². The van der Waals surface area contributed by atoms with E-state index in [2.05, 4.69) is 10.3 Å². The fourth-order valence-corrected chi connectivity index (χ4v) is 3.05. The lowest BCUT2D eigenvalue weighted by Gasteiger charge is -2.20. The highest BCUT2D eigenvalue weighted by Gasteiger charge is 2.18. The molecule has 5 heteroatoms. The summed E-state index contributed by atoms with van der Waals surface area (Å²) in [5.74, 6) is -0.487. The predicted molar refractivity (Wildman–Crippen MR) is 113 cm³/mol. The Bertz CT molecular complexity index is 986. The third kappa shape index (κ3) is 5.29. The number of pyridine rings is 1. The molecule has 1 aromatic heterocycles. The van der Waals surface area contributed by atoms with Crippen molar-refractivity contribution in [2.75, 3.05) is 6.54 Å². The summed E-state index contributed by atoms with van der Waals surface area (Å²) in [6.07, 6.45) is 0. The molecule has 2 amide bonds. The highest BCUT2D eigenvalue weighted by Crippen LogP contribution is 2.10. The average Bonchev–Trinajstić information content (AvgIpc) is 2.77. The average molecular weight is 387 g/mol. The van der Waals surface area contributed by atoms with Crippen molar-refractivity contribution in [3.63, 3.8) is 0 Å². The van der Waals surface area contributed by atoms with Crippen LogP contribution in [0.2, 0.25) is 0 Å². The molecule has 2 aromatic carbocycles. The fourth-order valence-electron chi connectivity index (χ4n) is 3.05. The molecule has 0 bridgehead atoms. The second kappa shape index (κ2) is 9.64. The monoisotopic (exact) mass is 387 g/mol. The Balaban J connectivity index is 1.69. The van der Waals surface area contributed by atoms with Gasteiger partial charge in [0.05, 0.1) is 0 Å². The second-order valence-corrected chi connectivity index (χ2v) is 6.82. The first-order chi connectivity index (χ1) is 14.1. The van der Waals surface area contributed by atoms with Crippen molar-refractivity contribution in [3.8, 4) is 0 Å². The summed E-state index contributed by atoms with van der Waals surface area (Å²) >= 11 is 0. The number of hydrogen-bond donors (Lipinski definition) is 1. The lowest BCUT2D eigenvalue weighted by molar-refractivity contribution is 0.0746. The van der Waals surface area contributed by atoms with Crippen molar-refractivity contribution in [2.24, 2.45) is 0 Å². The Kier molecular flexibility index (Phi) is 6.74. The van der Waals surface area contributed by atoms with Crippen LogP contribution in [0.3, 0.4) is 0 Å². The molecule has 1 N–H and O–H groups in total. The molecule has 0 fully saturated rings. The van der Waals surface area contributed by atoms with E-state index in [1.165, 1.54) is 0 Å². The van der Waals surface area contributed by atoms with Gasteiger partial charge < -0.3 is 10.2 Å². The van der Waals surface area contributed by atoms with E-state index in [1.54, 1.807) is 23.1 Å². The van der Waals surface area contributed by atoms with E-state index < -0.39 is 0 Å². The van der Waals surface area contributed by atoms with Crippen LogP contribution >= 0.6 is 0 Å². The molecule has 148 valence electrons. The van der Waals surface area contributed by atoms with Gasteiger partial charge in [0.15, 0.2) is 0 Å². The molecule has 0 radical (unpaired) electrons. The van der Waals surface area contributed by atoms with Gasteiger partial charge in [-0.15, -0.1) is 0 Å². The topological polar surface area (TPSA) is 62.3 Å². The van der Waals surface area contributed by atoms with Gasteiger partial charge in [-0.05, 0) is 42.7 Å². The number of carbonyl (C=O) groups excluding carboxylic acids is 2. The van der Waals surface area contributed by atoms with Crippen molar-refractivity contribution in [3.05, 3.63) is 101 Å². The Morgan fingerprint density at radius 2 is 1.59 bits per heavy atom. The molecule has 0 aliphatic carbocycles. The minimum atomic E-state index is -0.297. The van der Waals surface area contributed by atoms with E-state index in [-0.39, 0.29) is 23.2 Å². The molecule has 0 saturated heterocycles. The number of benzene rings is 2. The number of rotatable bonds is 7. The molecule has 5 nitrogen and oxygen atoms in total. The lowest BCUT2D eigenvalue weighted by Crippen LogP contribution is -2.32. The van der Waals surface area contributed by atoms with Crippen LogP contribution in [-0.4, -0.2) is 28.2 Å². The van der Waals surface area contributed by atoms with Gasteiger partial charge in [-0.25, -0.2) is 4.98 Å². The minimum absolute atomic E-state index is 0.190. The summed E-state index contributed by atoms with van der Waals surface area (Å²) in [6, 6.07) is 22.7. The van der Waals surface area contributed by atoms with Gasteiger partial charge in [-0.2, -0.15) is 0 Å². The molecule has 1 heterocycles. The van der Waals surface area contributed by atoms with Crippen molar-refractivity contribution >= 4 is 11.8 Å². The molecule has 0 saturated carbocycles. The SMILES string of the molecule is CCN(Cc1ccccc1)C(=O)c1cccc(C(=O)NCc2ccccc2C)n1. The summed E-state index contributed by atoms with van der Waals surface area (Å²) in [5.41, 5.74) is 3.72. The first kappa shape index (κ1) is 20.3. The molecule has 3 aromatic rings. The number of amides is 2. The molecule has 0 aliphatic rings. The first-order valence-corrected chi connectivity index (χ1v) is 9.71. The standard InChI is InChI=1S/C24H25N3O2/c1-3-27(17-19-11-5-4-6-12-19)24(29)22-15-9-14-21(26-22)23(28)25-16-20-13-8-7-10-18(20)2/h4-15H,3,16-17H2,1-2H3,(H,25,28). The number of carbonyl (C=O) groups is 2. The minimum Gasteiger partial charge on any atom is -0.347 e. The first-order valence-electron chi connectivity index (χ1n) is 9.71. The van der Waals surface area contributed by atoms with Crippen LogP contribution in [0.25, 0.3) is 0 Å². The fraction of sp³-hybridized carbons (Fsp3) is 0.208. The number of hydrogen-bond acceptors (Lipinski definition) is 3. The number of nitrogens with one attached hydrogen (secondary N) is 1. The molecule has 3 rings (SSSR count). The highest BCUT2D eigenvalue weighted by atomic mass is 16.2. The summed E-state index contributed by atoms with van der Waals surface area (Å²) in [4.78, 5) is 31.5. The van der Waals surface area contributed by atoms with Crippen molar-refractivity contribution < 1.29 is 9.59 Å². The van der Waals surface area contributed by atoms with Crippen LogP contribution in [0.15, 0.2) is 72.8 Å². The second-order valence-electron chi connectivity index (χ2n) is 6.82. The molecular formula is C24H25N3O2. The Morgan fingerprint density at radius 1 is 0.897 bits per heavy atom. The maximum Gasteiger partial charge on any atom is 0.272 e. The van der Waals surface area contributed by atoms with E-state index in [4.69, 9.17) is 0 Å². The zero-order chi connectivity index (χ0) is 20.6. The highest BCUT2D eigenvalue weighted by molar-refractivity contribution is 5.96. The lowest BCUT2D eigenvalue weighted by atomic mass is 10.1. The predicted octanol–water partition coefficient (Wildman–Crippen LogP) is 3.98. The van der Waals surface area contributed by atoms with Crippen LogP contribution in [-0.2, 0) is 13.1 Å². The molecule has 0 aliphatic heterocycles. The third-order valence-electron chi connectivity index (χ3n) is 4.79. The third-order valence-corrected chi connectivity index (χ3v) is 4.79. The van der Waals surface area contributed by atoms with Gasteiger partial charge in [-0.3, -0.25) is 9.59 Å². The quantitative estimate of drug-likeness (QED) is 0.667. The maximum absolute atomic E-state index is 12.9. The van der Waals surface area contributed by atoms with Crippen LogP contribution in [0, 0.1) is 6.92 Å². The van der Waals surface area contributed by atoms with Gasteiger partial charge in [-0.1, -0.05) is 60.7 Å². The smallest absolute Gasteiger partial charge is 0.272 e. The molecular weight excluding hydrogens is 362 g/mol. The van der Waals surface area contributed by atoms with Crippen LogP contribution in [0.1, 0.15) is 44.6 Å². The maximum atomic E-state index is 12.9. The Morgan fingerprint density at radius 3 is 2.31 bits per heavy atom. The van der Waals surface area contributed by atoms with Gasteiger partial charge >= 0.3 is 0 Å². The largest absolute Gasteiger partial charge is 0.347 e. The van der Waals surface area contributed by atoms with E-state index in [1.807, 2.05) is 68.4 Å². The number of nitrogens with zero attached hydrogens (tertiary/aromatic N) is 2. The van der Waals surface area contributed by atoms with E-state index >= 15 is 0 Å². The molecule has 29 heavy (non-hydrogen) atoms. The Hall–Kier alpha value is -3.47. The van der Waals surface area contributed by atoms with Gasteiger partial charge in [0, 0.05) is 19.6 Å². The van der Waals surface area contributed by atoms with E-state index in [0.29, 0.717) is 19.6 Å². The normalized spacial score (nSPS) is 10.4. The zero-order valence-corrected chi connectivity index (χ0v) is 16.8. The van der Waals surface area contributed by atoms with Crippen molar-refractivity contribution in [1.29, 1.82) is 0 Å².